The zero-order valence-electron chi connectivity index (χ0n) is 33.5. The van der Waals surface area contributed by atoms with Crippen LogP contribution >= 0.6 is 0 Å². The van der Waals surface area contributed by atoms with Crippen LogP contribution in [0.2, 0.25) is 0 Å². The van der Waals surface area contributed by atoms with E-state index in [0.29, 0.717) is 5.56 Å². The number of fused-ring (bicyclic) bond motifs is 1. The van der Waals surface area contributed by atoms with Gasteiger partial charge in [0.05, 0.1) is 19.3 Å². The highest BCUT2D eigenvalue weighted by Gasteiger charge is 2.52. The van der Waals surface area contributed by atoms with E-state index in [0.717, 1.165) is 18.2 Å². The second-order valence-corrected chi connectivity index (χ2v) is 15.2. The smallest absolute Gasteiger partial charge is 0.331 e. The molecule has 0 bridgehead atoms. The Morgan fingerprint density at radius 3 is 1.94 bits per heavy atom. The van der Waals surface area contributed by atoms with Crippen LogP contribution in [0.4, 0.5) is 0 Å². The van der Waals surface area contributed by atoms with Crippen LogP contribution in [0.15, 0.2) is 76.0 Å². The number of carbonyl (C=O) groups excluding carboxylic acids is 1. The molecule has 0 saturated carbocycles. The van der Waals surface area contributed by atoms with Gasteiger partial charge in [0.1, 0.15) is 88.9 Å². The number of phenols is 3. The molecule has 0 radical (unpaired) electrons. The van der Waals surface area contributed by atoms with Crippen LogP contribution in [0.25, 0.3) is 28.4 Å². The maximum Gasteiger partial charge on any atom is 0.331 e. The molecule has 22 heteroatoms. The van der Waals surface area contributed by atoms with Crippen LogP contribution in [0, 0.1) is 0 Å². The number of aromatic hydroxyl groups is 3. The summed E-state index contributed by atoms with van der Waals surface area (Å²) in [7, 11) is 0. The summed E-state index contributed by atoms with van der Waals surface area (Å²) in [6, 6.07) is 13.0. The fourth-order valence-electron chi connectivity index (χ4n) is 7.28. The summed E-state index contributed by atoms with van der Waals surface area (Å²) in [5.41, 5.74) is -0.820. The third-order valence-corrected chi connectivity index (χ3v) is 10.8. The lowest BCUT2D eigenvalue weighted by Gasteiger charge is -2.46. The van der Waals surface area contributed by atoms with Crippen molar-refractivity contribution in [3.05, 3.63) is 82.5 Å². The summed E-state index contributed by atoms with van der Waals surface area (Å²) in [5, 5.41) is 125. The van der Waals surface area contributed by atoms with E-state index in [9.17, 15) is 70.9 Å². The fourth-order valence-corrected chi connectivity index (χ4v) is 7.28. The van der Waals surface area contributed by atoms with Crippen molar-refractivity contribution in [3.63, 3.8) is 0 Å². The quantitative estimate of drug-likeness (QED) is 0.0543. The van der Waals surface area contributed by atoms with Crippen LogP contribution in [0.3, 0.4) is 0 Å². The van der Waals surface area contributed by atoms with Gasteiger partial charge in [0.15, 0.2) is 24.3 Å². The van der Waals surface area contributed by atoms with E-state index in [1.807, 2.05) is 0 Å². The van der Waals surface area contributed by atoms with Crippen LogP contribution in [0.5, 0.6) is 28.7 Å². The molecule has 3 fully saturated rings. The average molecular weight is 903 g/mol. The van der Waals surface area contributed by atoms with E-state index in [4.69, 9.17) is 37.6 Å². The molecule has 3 aliphatic heterocycles. The van der Waals surface area contributed by atoms with Gasteiger partial charge in [-0.2, -0.15) is 0 Å². The van der Waals surface area contributed by atoms with E-state index in [1.165, 1.54) is 61.5 Å². The molecule has 0 spiro atoms. The Kier molecular flexibility index (Phi) is 14.1. The second kappa shape index (κ2) is 19.3. The molecule has 4 aromatic rings. The maximum atomic E-state index is 14.4. The lowest BCUT2D eigenvalue weighted by atomic mass is 9.97. The molecule has 22 nitrogen and oxygen atoms in total. The molecule has 3 aliphatic rings. The van der Waals surface area contributed by atoms with Crippen molar-refractivity contribution in [1.29, 1.82) is 0 Å². The number of phenolic OH excluding ortho intramolecular Hbond substituents is 3. The topological polar surface area (TPSA) is 355 Å². The van der Waals surface area contributed by atoms with Gasteiger partial charge in [-0.05, 0) is 55.0 Å². The number of hydrogen-bond acceptors (Lipinski definition) is 22. The van der Waals surface area contributed by atoms with Crippen LogP contribution < -0.4 is 14.9 Å². The van der Waals surface area contributed by atoms with Gasteiger partial charge in [0.25, 0.3) is 0 Å². The van der Waals surface area contributed by atoms with Gasteiger partial charge in [0, 0.05) is 23.8 Å². The molecule has 1 aromatic heterocycles. The molecule has 12 N–H and O–H groups in total. The van der Waals surface area contributed by atoms with Crippen molar-refractivity contribution < 1.29 is 104 Å². The number of benzene rings is 3. The van der Waals surface area contributed by atoms with Crippen molar-refractivity contribution >= 4 is 23.0 Å². The Labute approximate surface area is 361 Å². The molecular weight excluding hydrogens is 856 g/mol. The Hall–Kier alpha value is -5.44. The van der Waals surface area contributed by atoms with Crippen molar-refractivity contribution in [2.45, 2.75) is 99.0 Å². The first kappa shape index (κ1) is 46.5. The second-order valence-electron chi connectivity index (χ2n) is 15.2. The van der Waals surface area contributed by atoms with Gasteiger partial charge in [-0.15, -0.1) is 0 Å². The third-order valence-electron chi connectivity index (χ3n) is 10.8. The summed E-state index contributed by atoms with van der Waals surface area (Å²) >= 11 is 0. The van der Waals surface area contributed by atoms with Gasteiger partial charge in [-0.25, -0.2) is 4.79 Å². The summed E-state index contributed by atoms with van der Waals surface area (Å²) in [6.45, 7) is -0.300. The molecule has 7 rings (SSSR count). The minimum Gasteiger partial charge on any atom is -0.508 e. The lowest BCUT2D eigenvalue weighted by molar-refractivity contribution is -0.355. The Balaban J connectivity index is 1.18. The number of rotatable bonds is 12. The highest BCUT2D eigenvalue weighted by atomic mass is 16.8. The minimum atomic E-state index is -2.05. The van der Waals surface area contributed by atoms with Crippen molar-refractivity contribution in [1.82, 2.24) is 0 Å². The van der Waals surface area contributed by atoms with Crippen molar-refractivity contribution in [2.75, 3.05) is 13.2 Å². The van der Waals surface area contributed by atoms with Crippen LogP contribution in [-0.2, 0) is 28.5 Å². The molecule has 0 amide bonds. The Bertz CT molecular complexity index is 2330. The zero-order valence-corrected chi connectivity index (χ0v) is 33.5. The Morgan fingerprint density at radius 2 is 1.28 bits per heavy atom. The molecule has 3 saturated heterocycles. The van der Waals surface area contributed by atoms with E-state index in [1.54, 1.807) is 0 Å². The number of aliphatic hydroxyl groups is 9. The lowest BCUT2D eigenvalue weighted by Crippen LogP contribution is -2.65. The summed E-state index contributed by atoms with van der Waals surface area (Å²) in [5.74, 6) is -3.31. The summed E-state index contributed by atoms with van der Waals surface area (Å²) in [6.07, 6.45) is -23.8. The molecule has 4 heterocycles. The van der Waals surface area contributed by atoms with Gasteiger partial charge < -0.3 is 98.9 Å². The summed E-state index contributed by atoms with van der Waals surface area (Å²) < 4.78 is 45.9. The van der Waals surface area contributed by atoms with Gasteiger partial charge in [-0.1, -0.05) is 12.1 Å². The monoisotopic (exact) mass is 902 g/mol. The molecule has 3 aromatic carbocycles. The van der Waals surface area contributed by atoms with Crippen molar-refractivity contribution in [3.8, 4) is 40.1 Å². The first-order valence-corrected chi connectivity index (χ1v) is 19.7. The highest BCUT2D eigenvalue weighted by Crippen LogP contribution is 2.39. The number of esters is 1. The first-order valence-electron chi connectivity index (χ1n) is 19.7. The minimum absolute atomic E-state index is 0.00649. The first-order chi connectivity index (χ1) is 30.5. The third kappa shape index (κ3) is 9.50. The molecular formula is C42H46O22. The molecule has 0 unspecified atom stereocenters. The van der Waals surface area contributed by atoms with Gasteiger partial charge in [0.2, 0.25) is 23.8 Å². The zero-order chi connectivity index (χ0) is 46.1. The number of hydrogen-bond donors (Lipinski definition) is 12. The summed E-state index contributed by atoms with van der Waals surface area (Å²) in [4.78, 5) is 27.1. The predicted octanol–water partition coefficient (Wildman–Crippen LogP) is -1.95. The SMILES string of the molecule is C[C@@H]1O[C@@H](Oc2c(-c3ccc(O)cc3)oc3cc(O[C@@H]4O[C@H](CO)[C@@H](O)[C@H](O)[C@H]4O)cc(O)c3c2=O)[C@H](O[C@@H]2O[C@H](CO)[C@@H](OC(=O)/C=C/c3ccc(O)cc3)[C@H](O)[C@H]2O)[C@H](O)[C@H]1O. The number of aliphatic hydroxyl groups excluding tert-OH is 9. The highest BCUT2D eigenvalue weighted by molar-refractivity contribution is 5.88. The van der Waals surface area contributed by atoms with E-state index >= 15 is 0 Å². The van der Waals surface area contributed by atoms with E-state index < -0.39 is 134 Å². The molecule has 346 valence electrons. The maximum absolute atomic E-state index is 14.4. The van der Waals surface area contributed by atoms with Crippen molar-refractivity contribution in [2.24, 2.45) is 0 Å². The predicted molar refractivity (Wildman–Crippen MR) is 212 cm³/mol. The fraction of sp³-hybridized carbons (Fsp3) is 0.429. The molecule has 15 atom stereocenters. The van der Waals surface area contributed by atoms with Gasteiger partial charge >= 0.3 is 5.97 Å². The van der Waals surface area contributed by atoms with E-state index in [2.05, 4.69) is 0 Å². The largest absolute Gasteiger partial charge is 0.508 e. The molecule has 0 aliphatic carbocycles. The standard InChI is InChI=1S/C42H46O22/c1-16-28(49)32(53)39(64-41-35(56)33(54)37(25(15-44)61-41)62-26(48)11-4-17-2-7-19(45)8-3-17)42(57-16)63-38-30(51)27-22(47)12-21(58-40-34(55)31(52)29(50)24(14-43)60-40)13-23(27)59-36(38)18-5-9-20(46)10-6-18/h2-13,16,24-25,28-29,31-35,37,39-47,49-50,52-56H,14-15H2,1H3/b11-4+/t16-,24+,25+,28-,29+,31-,32+,33+,34+,35+,37+,39+,40+,41-,42-/m0/s1. The van der Waals surface area contributed by atoms with E-state index in [-0.39, 0.29) is 34.2 Å². The number of carbonyl (C=O) groups is 1. The molecule has 64 heavy (non-hydrogen) atoms. The number of ether oxygens (including phenoxy) is 7. The van der Waals surface area contributed by atoms with Gasteiger partial charge in [-0.3, -0.25) is 4.79 Å². The Morgan fingerprint density at radius 1 is 0.672 bits per heavy atom. The normalized spacial score (nSPS) is 33.2. The van der Waals surface area contributed by atoms with Crippen LogP contribution in [0.1, 0.15) is 12.5 Å². The van der Waals surface area contributed by atoms with Crippen LogP contribution in [-0.4, -0.2) is 173 Å². The average Bonchev–Trinajstić information content (AvgIpc) is 3.27.